The van der Waals surface area contributed by atoms with Gasteiger partial charge in [0.05, 0.1) is 5.69 Å². The van der Waals surface area contributed by atoms with E-state index >= 15 is 0 Å². The molecule has 96 valence electrons. The molecule has 0 fully saturated rings. The Bertz CT molecular complexity index is 542. The molecule has 5 heteroatoms. The third kappa shape index (κ3) is 3.16. The fraction of sp³-hybridized carbons (Fsp3) is 0.308. The van der Waals surface area contributed by atoms with Gasteiger partial charge in [-0.2, -0.15) is 0 Å². The summed E-state index contributed by atoms with van der Waals surface area (Å²) in [6.07, 6.45) is 1.67. The van der Waals surface area contributed by atoms with Gasteiger partial charge in [-0.3, -0.25) is 0 Å². The van der Waals surface area contributed by atoms with Crippen LogP contribution in [-0.4, -0.2) is 12.0 Å². The van der Waals surface area contributed by atoms with E-state index in [0.29, 0.717) is 5.22 Å². The van der Waals surface area contributed by atoms with Crippen LogP contribution in [0.25, 0.3) is 0 Å². The van der Waals surface area contributed by atoms with Gasteiger partial charge in [-0.15, -0.1) is 0 Å². The van der Waals surface area contributed by atoms with Gasteiger partial charge in [-0.25, -0.2) is 4.98 Å². The highest BCUT2D eigenvalue weighted by Gasteiger charge is 2.13. The van der Waals surface area contributed by atoms with Gasteiger partial charge in [-0.1, -0.05) is 15.9 Å². The van der Waals surface area contributed by atoms with Crippen LogP contribution in [0.2, 0.25) is 0 Å². The summed E-state index contributed by atoms with van der Waals surface area (Å²) >= 11 is 5.06. The highest BCUT2D eigenvalue weighted by Crippen LogP contribution is 2.34. The third-order valence-corrected chi connectivity index (χ3v) is 4.11. The highest BCUT2D eigenvalue weighted by atomic mass is 79.9. The Labute approximate surface area is 120 Å². The van der Waals surface area contributed by atoms with Gasteiger partial charge in [0.15, 0.2) is 0 Å². The molecule has 1 heterocycles. The number of rotatable bonds is 4. The first-order chi connectivity index (χ1) is 8.60. The largest absolute Gasteiger partial charge is 0.439 e. The topological polar surface area (TPSA) is 38.1 Å². The number of nitrogens with one attached hydrogen (secondary N) is 1. The lowest BCUT2D eigenvalue weighted by atomic mass is 10.1. The van der Waals surface area contributed by atoms with Gasteiger partial charge < -0.3 is 9.73 Å². The molecular formula is C13H15BrN2OS. The molecule has 1 N–H and O–H groups in total. The Morgan fingerprint density at radius 3 is 2.83 bits per heavy atom. The quantitative estimate of drug-likeness (QED) is 0.914. The van der Waals surface area contributed by atoms with Crippen molar-refractivity contribution in [3.8, 4) is 0 Å². The summed E-state index contributed by atoms with van der Waals surface area (Å²) in [7, 11) is 1.95. The number of benzene rings is 1. The molecule has 0 saturated heterocycles. The Morgan fingerprint density at radius 1 is 1.44 bits per heavy atom. The molecule has 1 unspecified atom stereocenters. The number of hydrogen-bond acceptors (Lipinski definition) is 4. The predicted octanol–water partition coefficient (Wildman–Crippen LogP) is 4.18. The molecule has 0 aliphatic rings. The smallest absolute Gasteiger partial charge is 0.260 e. The SMILES string of the molecule is CNC(C)c1cc(Br)ccc1Sc1nc(C)co1. The summed E-state index contributed by atoms with van der Waals surface area (Å²) < 4.78 is 6.46. The van der Waals surface area contributed by atoms with E-state index in [1.807, 2.05) is 20.0 Å². The van der Waals surface area contributed by atoms with E-state index in [0.717, 1.165) is 15.1 Å². The van der Waals surface area contributed by atoms with Crippen LogP contribution in [0.4, 0.5) is 0 Å². The van der Waals surface area contributed by atoms with Crippen LogP contribution in [0.5, 0.6) is 0 Å². The van der Waals surface area contributed by atoms with Crippen molar-refractivity contribution in [2.45, 2.75) is 30.0 Å². The van der Waals surface area contributed by atoms with Crippen LogP contribution >= 0.6 is 27.7 Å². The van der Waals surface area contributed by atoms with Crippen molar-refractivity contribution in [1.82, 2.24) is 10.3 Å². The van der Waals surface area contributed by atoms with Crippen molar-refractivity contribution in [3.63, 3.8) is 0 Å². The van der Waals surface area contributed by atoms with Crippen LogP contribution in [-0.2, 0) is 0 Å². The van der Waals surface area contributed by atoms with E-state index in [-0.39, 0.29) is 6.04 Å². The van der Waals surface area contributed by atoms with E-state index < -0.39 is 0 Å². The van der Waals surface area contributed by atoms with E-state index in [4.69, 9.17) is 4.42 Å². The number of halogens is 1. The van der Waals surface area contributed by atoms with Crippen molar-refractivity contribution >= 4 is 27.7 Å². The molecule has 0 aliphatic heterocycles. The van der Waals surface area contributed by atoms with E-state index in [1.165, 1.54) is 5.56 Å². The standard InChI is InChI=1S/C13H15BrN2OS/c1-8-7-17-13(16-8)18-12-5-4-10(14)6-11(12)9(2)15-3/h4-7,9,15H,1-3H3. The van der Waals surface area contributed by atoms with Crippen molar-refractivity contribution in [2.24, 2.45) is 0 Å². The molecule has 2 aromatic rings. The maximum atomic E-state index is 5.39. The molecule has 1 aromatic carbocycles. The number of nitrogens with zero attached hydrogens (tertiary/aromatic N) is 1. The molecule has 0 saturated carbocycles. The lowest BCUT2D eigenvalue weighted by Gasteiger charge is -2.15. The summed E-state index contributed by atoms with van der Waals surface area (Å²) in [6.45, 7) is 4.05. The molecule has 3 nitrogen and oxygen atoms in total. The first-order valence-corrected chi connectivity index (χ1v) is 7.28. The molecule has 0 bridgehead atoms. The van der Waals surface area contributed by atoms with Crippen molar-refractivity contribution in [3.05, 3.63) is 40.2 Å². The minimum absolute atomic E-state index is 0.279. The zero-order chi connectivity index (χ0) is 13.1. The van der Waals surface area contributed by atoms with Crippen molar-refractivity contribution in [2.75, 3.05) is 7.05 Å². The predicted molar refractivity (Wildman–Crippen MR) is 77.0 cm³/mol. The number of aryl methyl sites for hydroxylation is 1. The number of aromatic nitrogens is 1. The molecule has 0 spiro atoms. The summed E-state index contributed by atoms with van der Waals surface area (Å²) in [5.74, 6) is 0. The Kier molecular flexibility index (Phi) is 4.48. The highest BCUT2D eigenvalue weighted by molar-refractivity contribution is 9.10. The van der Waals surface area contributed by atoms with E-state index in [9.17, 15) is 0 Å². The zero-order valence-corrected chi connectivity index (χ0v) is 12.9. The first-order valence-electron chi connectivity index (χ1n) is 5.67. The normalized spacial score (nSPS) is 12.7. The number of hydrogen-bond donors (Lipinski definition) is 1. The molecular weight excluding hydrogens is 312 g/mol. The molecule has 0 radical (unpaired) electrons. The van der Waals surface area contributed by atoms with Crippen LogP contribution < -0.4 is 5.32 Å². The van der Waals surface area contributed by atoms with Gasteiger partial charge in [-0.05, 0) is 56.4 Å². The monoisotopic (exact) mass is 326 g/mol. The zero-order valence-electron chi connectivity index (χ0n) is 10.5. The minimum atomic E-state index is 0.279. The van der Waals surface area contributed by atoms with Gasteiger partial charge >= 0.3 is 0 Å². The fourth-order valence-electron chi connectivity index (χ4n) is 1.58. The van der Waals surface area contributed by atoms with Crippen LogP contribution in [0.15, 0.2) is 43.5 Å². The second-order valence-electron chi connectivity index (χ2n) is 4.05. The third-order valence-electron chi connectivity index (χ3n) is 2.67. The second-order valence-corrected chi connectivity index (χ2v) is 5.96. The molecule has 2 rings (SSSR count). The average molecular weight is 327 g/mol. The molecule has 0 aliphatic carbocycles. The number of oxazole rings is 1. The summed E-state index contributed by atoms with van der Waals surface area (Å²) in [5.41, 5.74) is 2.13. The maximum absolute atomic E-state index is 5.39. The Balaban J connectivity index is 2.31. The van der Waals surface area contributed by atoms with Crippen LogP contribution in [0, 0.1) is 6.92 Å². The fourth-order valence-corrected chi connectivity index (χ4v) is 2.92. The van der Waals surface area contributed by atoms with Crippen molar-refractivity contribution < 1.29 is 4.42 Å². The Morgan fingerprint density at radius 2 is 2.22 bits per heavy atom. The van der Waals surface area contributed by atoms with Crippen LogP contribution in [0.1, 0.15) is 24.2 Å². The Hall–Kier alpha value is -0.780. The van der Waals surface area contributed by atoms with E-state index in [1.54, 1.807) is 18.0 Å². The lowest BCUT2D eigenvalue weighted by molar-refractivity contribution is 0.454. The first kappa shape index (κ1) is 13.6. The average Bonchev–Trinajstić information content (AvgIpc) is 2.76. The lowest BCUT2D eigenvalue weighted by Crippen LogP contribution is -2.13. The molecule has 1 atom stereocenters. The summed E-state index contributed by atoms with van der Waals surface area (Å²) in [4.78, 5) is 5.47. The van der Waals surface area contributed by atoms with Crippen molar-refractivity contribution in [1.29, 1.82) is 0 Å². The molecule has 1 aromatic heterocycles. The van der Waals surface area contributed by atoms with E-state index in [2.05, 4.69) is 45.3 Å². The molecule has 0 amide bonds. The second kappa shape index (κ2) is 5.91. The van der Waals surface area contributed by atoms with Gasteiger partial charge in [0.25, 0.3) is 5.22 Å². The minimum Gasteiger partial charge on any atom is -0.439 e. The maximum Gasteiger partial charge on any atom is 0.260 e. The summed E-state index contributed by atoms with van der Waals surface area (Å²) in [5, 5.41) is 3.93. The van der Waals surface area contributed by atoms with Gasteiger partial charge in [0.1, 0.15) is 6.26 Å². The van der Waals surface area contributed by atoms with Gasteiger partial charge in [0.2, 0.25) is 0 Å². The van der Waals surface area contributed by atoms with Gasteiger partial charge in [0, 0.05) is 15.4 Å². The van der Waals surface area contributed by atoms with Crippen LogP contribution in [0.3, 0.4) is 0 Å². The summed E-state index contributed by atoms with van der Waals surface area (Å²) in [6, 6.07) is 6.52. The molecule has 18 heavy (non-hydrogen) atoms.